The first-order chi connectivity index (χ1) is 12.3. The highest BCUT2D eigenvalue weighted by Gasteiger charge is 2.26. The maximum absolute atomic E-state index is 12.0. The summed E-state index contributed by atoms with van der Waals surface area (Å²) < 4.78 is 0. The van der Waals surface area contributed by atoms with Crippen molar-refractivity contribution in [2.75, 3.05) is 59.9 Å². The molecular formula is C18H35IN6O2. The zero-order valence-corrected chi connectivity index (χ0v) is 19.4. The van der Waals surface area contributed by atoms with E-state index in [4.69, 9.17) is 0 Å². The average Bonchev–Trinajstić information content (AvgIpc) is 3.39. The predicted molar refractivity (Wildman–Crippen MR) is 118 cm³/mol. The van der Waals surface area contributed by atoms with E-state index in [1.54, 1.807) is 19.0 Å². The van der Waals surface area contributed by atoms with Gasteiger partial charge in [0.05, 0.1) is 6.54 Å². The van der Waals surface area contributed by atoms with Crippen LogP contribution in [0.5, 0.6) is 0 Å². The highest BCUT2D eigenvalue weighted by molar-refractivity contribution is 14.0. The predicted octanol–water partition coefficient (Wildman–Crippen LogP) is 0.190. The Kier molecular flexibility index (Phi) is 10.4. The van der Waals surface area contributed by atoms with E-state index in [2.05, 4.69) is 39.3 Å². The number of carbonyl (C=O) groups excluding carboxylic acids is 2. The van der Waals surface area contributed by atoms with Crippen molar-refractivity contribution >= 4 is 41.8 Å². The molecule has 2 rings (SSSR count). The molecule has 0 spiro atoms. The van der Waals surface area contributed by atoms with Crippen LogP contribution in [-0.4, -0.2) is 98.4 Å². The van der Waals surface area contributed by atoms with Crippen LogP contribution in [-0.2, 0) is 9.59 Å². The minimum absolute atomic E-state index is 0. The highest BCUT2D eigenvalue weighted by atomic mass is 127. The summed E-state index contributed by atoms with van der Waals surface area (Å²) >= 11 is 0. The number of halogens is 1. The number of carbonyl (C=O) groups is 2. The Morgan fingerprint density at radius 3 is 2.30 bits per heavy atom. The van der Waals surface area contributed by atoms with Gasteiger partial charge in [-0.1, -0.05) is 13.8 Å². The lowest BCUT2D eigenvalue weighted by atomic mass is 10.2. The van der Waals surface area contributed by atoms with Crippen molar-refractivity contribution in [3.8, 4) is 0 Å². The fraction of sp³-hybridized carbons (Fsp3) is 0.833. The van der Waals surface area contributed by atoms with E-state index in [0.717, 1.165) is 51.5 Å². The molecule has 2 N–H and O–H groups in total. The Morgan fingerprint density at radius 1 is 1.15 bits per heavy atom. The van der Waals surface area contributed by atoms with Gasteiger partial charge in [0.2, 0.25) is 11.8 Å². The fourth-order valence-corrected chi connectivity index (χ4v) is 2.67. The first kappa shape index (κ1) is 23.9. The van der Waals surface area contributed by atoms with E-state index in [-0.39, 0.29) is 42.3 Å². The van der Waals surface area contributed by atoms with Gasteiger partial charge in [-0.2, -0.15) is 0 Å². The number of nitrogens with one attached hydrogen (secondary N) is 2. The molecule has 1 saturated heterocycles. The van der Waals surface area contributed by atoms with Crippen LogP contribution in [0, 0.1) is 5.92 Å². The largest absolute Gasteiger partial charge is 0.356 e. The van der Waals surface area contributed by atoms with Crippen molar-refractivity contribution in [2.24, 2.45) is 10.9 Å². The maximum Gasteiger partial charge on any atom is 0.243 e. The van der Waals surface area contributed by atoms with Gasteiger partial charge in [-0.25, -0.2) is 4.99 Å². The van der Waals surface area contributed by atoms with Crippen LogP contribution in [0.3, 0.4) is 0 Å². The highest BCUT2D eigenvalue weighted by Crippen LogP contribution is 2.18. The zero-order chi connectivity index (χ0) is 19.1. The summed E-state index contributed by atoms with van der Waals surface area (Å²) in [4.78, 5) is 34.2. The van der Waals surface area contributed by atoms with E-state index in [9.17, 15) is 9.59 Å². The van der Waals surface area contributed by atoms with Crippen LogP contribution in [0.4, 0.5) is 0 Å². The molecule has 1 aliphatic heterocycles. The molecule has 0 aromatic heterocycles. The molecule has 8 nitrogen and oxygen atoms in total. The fourth-order valence-electron chi connectivity index (χ4n) is 2.67. The van der Waals surface area contributed by atoms with Crippen molar-refractivity contribution in [1.82, 2.24) is 25.3 Å². The van der Waals surface area contributed by atoms with Gasteiger partial charge in [-0.05, 0) is 18.8 Å². The summed E-state index contributed by atoms with van der Waals surface area (Å²) in [6.07, 6.45) is 2.24. The number of hydrogen-bond acceptors (Lipinski definition) is 4. The SMILES string of the molecule is CC(C)CNC(=NCC(=O)N(C)C)N1CCN(CC(=O)NC2CC2)CC1.I. The molecule has 1 aliphatic carbocycles. The van der Waals surface area contributed by atoms with Gasteiger partial charge in [0.15, 0.2) is 5.96 Å². The van der Waals surface area contributed by atoms with Crippen LogP contribution in [0.1, 0.15) is 26.7 Å². The number of likely N-dealkylation sites (N-methyl/N-ethyl adjacent to an activating group) is 1. The van der Waals surface area contributed by atoms with Crippen molar-refractivity contribution < 1.29 is 9.59 Å². The second kappa shape index (κ2) is 11.7. The molecule has 1 heterocycles. The number of rotatable bonds is 7. The summed E-state index contributed by atoms with van der Waals surface area (Å²) in [6.45, 7) is 8.97. The molecule has 0 bridgehead atoms. The van der Waals surface area contributed by atoms with Crippen LogP contribution >= 0.6 is 24.0 Å². The molecule has 2 fully saturated rings. The summed E-state index contributed by atoms with van der Waals surface area (Å²) in [5, 5.41) is 6.42. The van der Waals surface area contributed by atoms with E-state index in [1.165, 1.54) is 0 Å². The molecule has 0 atom stereocenters. The van der Waals surface area contributed by atoms with Gasteiger partial charge < -0.3 is 20.4 Å². The third kappa shape index (κ3) is 9.09. The van der Waals surface area contributed by atoms with E-state index in [1.807, 2.05) is 0 Å². The second-order valence-electron chi connectivity index (χ2n) is 7.81. The standard InChI is InChI=1S/C18H34N6O2.HI/c1-14(2)11-19-18(20-12-17(26)22(3)4)24-9-7-23(8-10-24)13-16(25)21-15-5-6-15;/h14-15H,5-13H2,1-4H3,(H,19,20)(H,21,25);1H. The van der Waals surface area contributed by atoms with Crippen molar-refractivity contribution in [3.63, 3.8) is 0 Å². The van der Waals surface area contributed by atoms with Crippen LogP contribution in [0.2, 0.25) is 0 Å². The Balaban J connectivity index is 0.00000364. The Hall–Kier alpha value is -1.10. The molecule has 0 unspecified atom stereocenters. The molecule has 0 radical (unpaired) electrons. The van der Waals surface area contributed by atoms with Crippen LogP contribution < -0.4 is 10.6 Å². The number of hydrogen-bond donors (Lipinski definition) is 2. The monoisotopic (exact) mass is 494 g/mol. The van der Waals surface area contributed by atoms with E-state index >= 15 is 0 Å². The maximum atomic E-state index is 12.0. The lowest BCUT2D eigenvalue weighted by Gasteiger charge is -2.36. The summed E-state index contributed by atoms with van der Waals surface area (Å²) in [7, 11) is 3.48. The van der Waals surface area contributed by atoms with Crippen molar-refractivity contribution in [1.29, 1.82) is 0 Å². The quantitative estimate of drug-likeness (QED) is 0.300. The van der Waals surface area contributed by atoms with Crippen molar-refractivity contribution in [3.05, 3.63) is 0 Å². The molecule has 2 amide bonds. The first-order valence-corrected chi connectivity index (χ1v) is 9.60. The number of aliphatic imine (C=N–C) groups is 1. The lowest BCUT2D eigenvalue weighted by Crippen LogP contribution is -2.54. The molecule has 2 aliphatic rings. The third-order valence-electron chi connectivity index (χ3n) is 4.51. The van der Waals surface area contributed by atoms with Gasteiger partial charge in [-0.15, -0.1) is 24.0 Å². The molecule has 156 valence electrons. The number of guanidine groups is 1. The van der Waals surface area contributed by atoms with Gasteiger partial charge in [0.1, 0.15) is 6.54 Å². The Morgan fingerprint density at radius 2 is 1.78 bits per heavy atom. The summed E-state index contributed by atoms with van der Waals surface area (Å²) in [6, 6.07) is 0.414. The van der Waals surface area contributed by atoms with Gasteiger partial charge >= 0.3 is 0 Å². The number of piperazine rings is 1. The Bertz CT molecular complexity index is 514. The topological polar surface area (TPSA) is 80.3 Å². The molecule has 27 heavy (non-hydrogen) atoms. The molecule has 9 heteroatoms. The average molecular weight is 494 g/mol. The molecule has 0 aromatic rings. The summed E-state index contributed by atoms with van der Waals surface area (Å²) in [5.41, 5.74) is 0. The van der Waals surface area contributed by atoms with Crippen molar-refractivity contribution in [2.45, 2.75) is 32.7 Å². The molecule has 0 aromatic carbocycles. The number of nitrogens with zero attached hydrogens (tertiary/aromatic N) is 4. The molecule has 1 saturated carbocycles. The normalized spacial score (nSPS) is 18.1. The molecular weight excluding hydrogens is 459 g/mol. The summed E-state index contributed by atoms with van der Waals surface area (Å²) in [5.74, 6) is 1.40. The van der Waals surface area contributed by atoms with Gasteiger partial charge in [0, 0.05) is 52.9 Å². The Labute approximate surface area is 180 Å². The van der Waals surface area contributed by atoms with E-state index in [0.29, 0.717) is 18.5 Å². The first-order valence-electron chi connectivity index (χ1n) is 9.60. The minimum atomic E-state index is -0.00997. The van der Waals surface area contributed by atoms with Crippen LogP contribution in [0.25, 0.3) is 0 Å². The smallest absolute Gasteiger partial charge is 0.243 e. The third-order valence-corrected chi connectivity index (χ3v) is 4.51. The number of amides is 2. The van der Waals surface area contributed by atoms with E-state index < -0.39 is 0 Å². The lowest BCUT2D eigenvalue weighted by molar-refractivity contribution is -0.127. The van der Waals surface area contributed by atoms with Gasteiger partial charge in [-0.3, -0.25) is 14.5 Å². The minimum Gasteiger partial charge on any atom is -0.356 e. The zero-order valence-electron chi connectivity index (χ0n) is 17.0. The van der Waals surface area contributed by atoms with Crippen LogP contribution in [0.15, 0.2) is 4.99 Å². The second-order valence-corrected chi connectivity index (χ2v) is 7.81. The van der Waals surface area contributed by atoms with Gasteiger partial charge in [0.25, 0.3) is 0 Å².